The summed E-state index contributed by atoms with van der Waals surface area (Å²) in [5.74, 6) is 0.641. The molecule has 6 nitrogen and oxygen atoms in total. The molecular formula is C23H24N4O2S. The highest BCUT2D eigenvalue weighted by atomic mass is 32.2. The van der Waals surface area contributed by atoms with E-state index in [1.54, 1.807) is 49.1 Å². The number of urea groups is 1. The largest absolute Gasteiger partial charge is 0.355 e. The number of benzene rings is 2. The zero-order chi connectivity index (χ0) is 21.3. The van der Waals surface area contributed by atoms with Gasteiger partial charge in [0.2, 0.25) is 0 Å². The van der Waals surface area contributed by atoms with Gasteiger partial charge in [0, 0.05) is 43.8 Å². The average molecular weight is 421 g/mol. The number of carbonyl (C=O) groups excluding carboxylic acids is 2. The van der Waals surface area contributed by atoms with Gasteiger partial charge in [-0.3, -0.25) is 4.79 Å². The van der Waals surface area contributed by atoms with Crippen molar-refractivity contribution in [2.45, 2.75) is 17.3 Å². The molecule has 154 valence electrons. The lowest BCUT2D eigenvalue weighted by Gasteiger charge is -2.18. The van der Waals surface area contributed by atoms with Gasteiger partial charge in [-0.1, -0.05) is 30.3 Å². The first kappa shape index (κ1) is 21.4. The summed E-state index contributed by atoms with van der Waals surface area (Å²) in [6, 6.07) is 20.7. The van der Waals surface area contributed by atoms with Crippen LogP contribution in [0.1, 0.15) is 21.5 Å². The Labute approximate surface area is 180 Å². The Bertz CT molecular complexity index is 994. The molecule has 0 radical (unpaired) electrons. The third-order valence-electron chi connectivity index (χ3n) is 4.41. The Hall–Kier alpha value is -3.32. The summed E-state index contributed by atoms with van der Waals surface area (Å²) in [6.45, 7) is 0.440. The highest BCUT2D eigenvalue weighted by Crippen LogP contribution is 2.22. The van der Waals surface area contributed by atoms with Crippen molar-refractivity contribution >= 4 is 29.4 Å². The number of carbonyl (C=O) groups is 2. The van der Waals surface area contributed by atoms with Crippen LogP contribution in [0, 0.1) is 0 Å². The van der Waals surface area contributed by atoms with Gasteiger partial charge in [-0.25, -0.2) is 9.78 Å². The Morgan fingerprint density at radius 3 is 2.50 bits per heavy atom. The van der Waals surface area contributed by atoms with E-state index in [1.807, 2.05) is 54.6 Å². The average Bonchev–Trinajstić information content (AvgIpc) is 2.78. The Morgan fingerprint density at radius 2 is 1.80 bits per heavy atom. The Balaban J connectivity index is 1.55. The van der Waals surface area contributed by atoms with Gasteiger partial charge in [0.15, 0.2) is 0 Å². The summed E-state index contributed by atoms with van der Waals surface area (Å²) in [5, 5.41) is 6.50. The first-order chi connectivity index (χ1) is 14.5. The van der Waals surface area contributed by atoms with Crippen molar-refractivity contribution in [2.75, 3.05) is 19.4 Å². The summed E-state index contributed by atoms with van der Waals surface area (Å²) in [5.41, 5.74) is 3.39. The van der Waals surface area contributed by atoms with Crippen molar-refractivity contribution < 1.29 is 9.59 Å². The number of nitrogens with one attached hydrogen (secondary N) is 2. The zero-order valence-corrected chi connectivity index (χ0v) is 17.8. The van der Waals surface area contributed by atoms with Gasteiger partial charge in [-0.05, 0) is 47.5 Å². The molecule has 1 aromatic heterocycles. The van der Waals surface area contributed by atoms with Crippen LogP contribution in [-0.2, 0) is 12.3 Å². The van der Waals surface area contributed by atoms with Crippen molar-refractivity contribution in [1.82, 2.24) is 15.2 Å². The maximum Gasteiger partial charge on any atom is 0.321 e. The van der Waals surface area contributed by atoms with Crippen LogP contribution in [0.2, 0.25) is 0 Å². The van der Waals surface area contributed by atoms with Gasteiger partial charge in [-0.2, -0.15) is 0 Å². The molecular weight excluding hydrogens is 396 g/mol. The number of amides is 3. The van der Waals surface area contributed by atoms with E-state index in [2.05, 4.69) is 15.6 Å². The van der Waals surface area contributed by atoms with Crippen LogP contribution in [0.5, 0.6) is 0 Å². The number of hydrogen-bond acceptors (Lipinski definition) is 4. The van der Waals surface area contributed by atoms with Crippen LogP contribution in [0.4, 0.5) is 10.5 Å². The molecule has 1 heterocycles. The fourth-order valence-corrected chi connectivity index (χ4v) is 3.60. The van der Waals surface area contributed by atoms with E-state index in [0.717, 1.165) is 27.6 Å². The summed E-state index contributed by atoms with van der Waals surface area (Å²) >= 11 is 1.65. The minimum absolute atomic E-state index is 0.131. The lowest BCUT2D eigenvalue weighted by molar-refractivity contribution is 0.0963. The number of aromatic nitrogens is 1. The molecule has 0 bridgehead atoms. The van der Waals surface area contributed by atoms with E-state index in [4.69, 9.17) is 0 Å². The van der Waals surface area contributed by atoms with Crippen molar-refractivity contribution in [2.24, 2.45) is 0 Å². The number of rotatable bonds is 7. The van der Waals surface area contributed by atoms with Crippen LogP contribution in [0.25, 0.3) is 0 Å². The number of nitrogens with zero attached hydrogens (tertiary/aromatic N) is 2. The highest BCUT2D eigenvalue weighted by molar-refractivity contribution is 7.98. The fourth-order valence-electron chi connectivity index (χ4n) is 2.80. The number of hydrogen-bond donors (Lipinski definition) is 2. The first-order valence-electron chi connectivity index (χ1n) is 9.51. The SMILES string of the molecule is CNC(=O)c1ccc(CN(C)C(=O)Nc2cccc(CSc3ccccn3)c2)cc1. The topological polar surface area (TPSA) is 74.3 Å². The van der Waals surface area contributed by atoms with E-state index in [9.17, 15) is 9.59 Å². The van der Waals surface area contributed by atoms with Gasteiger partial charge < -0.3 is 15.5 Å². The molecule has 3 amide bonds. The Morgan fingerprint density at radius 1 is 1.00 bits per heavy atom. The van der Waals surface area contributed by atoms with Crippen LogP contribution < -0.4 is 10.6 Å². The van der Waals surface area contributed by atoms with E-state index in [-0.39, 0.29) is 11.9 Å². The lowest BCUT2D eigenvalue weighted by atomic mass is 10.1. The summed E-state index contributed by atoms with van der Waals surface area (Å²) in [4.78, 5) is 30.1. The molecule has 0 aliphatic heterocycles. The van der Waals surface area contributed by atoms with E-state index in [1.165, 1.54) is 0 Å². The third-order valence-corrected chi connectivity index (χ3v) is 5.43. The Kier molecular flexibility index (Phi) is 7.45. The molecule has 7 heteroatoms. The van der Waals surface area contributed by atoms with Crippen molar-refractivity contribution in [3.8, 4) is 0 Å². The lowest BCUT2D eigenvalue weighted by Crippen LogP contribution is -2.30. The summed E-state index contributed by atoms with van der Waals surface area (Å²) < 4.78 is 0. The van der Waals surface area contributed by atoms with E-state index in [0.29, 0.717) is 12.1 Å². The molecule has 0 unspecified atom stereocenters. The van der Waals surface area contributed by atoms with Crippen LogP contribution in [0.3, 0.4) is 0 Å². The fraction of sp³-hybridized carbons (Fsp3) is 0.174. The summed E-state index contributed by atoms with van der Waals surface area (Å²) in [7, 11) is 3.34. The molecule has 2 aromatic carbocycles. The van der Waals surface area contributed by atoms with Crippen LogP contribution in [-0.4, -0.2) is 35.9 Å². The number of thioether (sulfide) groups is 1. The highest BCUT2D eigenvalue weighted by Gasteiger charge is 2.11. The number of pyridine rings is 1. The maximum absolute atomic E-state index is 12.6. The molecule has 0 aliphatic rings. The quantitative estimate of drug-likeness (QED) is 0.556. The second kappa shape index (κ2) is 10.5. The second-order valence-corrected chi connectivity index (χ2v) is 7.71. The third kappa shape index (κ3) is 6.09. The minimum atomic E-state index is -0.195. The van der Waals surface area contributed by atoms with Gasteiger partial charge in [0.1, 0.15) is 0 Å². The normalized spacial score (nSPS) is 10.3. The first-order valence-corrected chi connectivity index (χ1v) is 10.5. The standard InChI is InChI=1S/C23H24N4O2S/c1-24-22(28)19-11-9-17(10-12-19)15-27(2)23(29)26-20-7-5-6-18(14-20)16-30-21-8-3-4-13-25-21/h3-14H,15-16H2,1-2H3,(H,24,28)(H,26,29). The molecule has 0 saturated heterocycles. The predicted octanol–water partition coefficient (Wildman–Crippen LogP) is 4.40. The van der Waals surface area contributed by atoms with Gasteiger partial charge in [0.05, 0.1) is 5.03 Å². The van der Waals surface area contributed by atoms with Gasteiger partial charge in [-0.15, -0.1) is 11.8 Å². The smallest absolute Gasteiger partial charge is 0.321 e. The maximum atomic E-state index is 12.6. The number of anilines is 1. The minimum Gasteiger partial charge on any atom is -0.355 e. The molecule has 0 spiro atoms. The monoisotopic (exact) mass is 420 g/mol. The molecule has 0 fully saturated rings. The molecule has 3 aromatic rings. The zero-order valence-electron chi connectivity index (χ0n) is 17.0. The van der Waals surface area contributed by atoms with E-state index >= 15 is 0 Å². The van der Waals surface area contributed by atoms with Crippen molar-refractivity contribution in [1.29, 1.82) is 0 Å². The molecule has 0 aliphatic carbocycles. The van der Waals surface area contributed by atoms with Crippen molar-refractivity contribution in [3.05, 3.63) is 89.6 Å². The summed E-state index contributed by atoms with van der Waals surface area (Å²) in [6.07, 6.45) is 1.78. The van der Waals surface area contributed by atoms with Crippen LogP contribution >= 0.6 is 11.8 Å². The molecule has 2 N–H and O–H groups in total. The van der Waals surface area contributed by atoms with Crippen LogP contribution in [0.15, 0.2) is 78.0 Å². The molecule has 0 atom stereocenters. The van der Waals surface area contributed by atoms with Gasteiger partial charge >= 0.3 is 6.03 Å². The molecule has 3 rings (SSSR count). The van der Waals surface area contributed by atoms with Crippen molar-refractivity contribution in [3.63, 3.8) is 0 Å². The van der Waals surface area contributed by atoms with Gasteiger partial charge in [0.25, 0.3) is 5.91 Å². The molecule has 30 heavy (non-hydrogen) atoms. The molecule has 0 saturated carbocycles. The second-order valence-electron chi connectivity index (χ2n) is 6.72. The predicted molar refractivity (Wildman–Crippen MR) is 121 cm³/mol. The van der Waals surface area contributed by atoms with E-state index < -0.39 is 0 Å².